The Morgan fingerprint density at radius 2 is 1.75 bits per heavy atom. The molecule has 3 aromatic carbocycles. The number of nitro groups is 1. The van der Waals surface area contributed by atoms with E-state index in [2.05, 4.69) is 24.3 Å². The van der Waals surface area contributed by atoms with Crippen LogP contribution in [0.3, 0.4) is 0 Å². The summed E-state index contributed by atoms with van der Waals surface area (Å²) in [5.41, 5.74) is 2.02. The van der Waals surface area contributed by atoms with Crippen molar-refractivity contribution in [1.82, 2.24) is 4.98 Å². The first-order chi connectivity index (χ1) is 11.7. The summed E-state index contributed by atoms with van der Waals surface area (Å²) in [7, 11) is 0. The highest BCUT2D eigenvalue weighted by Gasteiger charge is 2.06. The summed E-state index contributed by atoms with van der Waals surface area (Å²) >= 11 is 1.63. The SMILES string of the molecule is O=[N+]([O-])c1ccc(/C=C/c2nc3c(ccc4ccccc43)s2)cc1. The summed E-state index contributed by atoms with van der Waals surface area (Å²) in [6, 6.07) is 18.9. The lowest BCUT2D eigenvalue weighted by Gasteiger charge is -1.96. The molecule has 0 aliphatic rings. The first kappa shape index (κ1) is 14.5. The minimum absolute atomic E-state index is 0.0959. The van der Waals surface area contributed by atoms with Crippen molar-refractivity contribution >= 4 is 50.2 Å². The fraction of sp³-hybridized carbons (Fsp3) is 0. The van der Waals surface area contributed by atoms with Crippen molar-refractivity contribution < 1.29 is 4.92 Å². The minimum Gasteiger partial charge on any atom is -0.258 e. The van der Waals surface area contributed by atoms with E-state index in [1.807, 2.05) is 24.3 Å². The van der Waals surface area contributed by atoms with E-state index >= 15 is 0 Å². The zero-order chi connectivity index (χ0) is 16.5. The van der Waals surface area contributed by atoms with Crippen molar-refractivity contribution in [3.05, 3.63) is 81.3 Å². The number of nitrogens with zero attached hydrogens (tertiary/aromatic N) is 2. The van der Waals surface area contributed by atoms with Crippen molar-refractivity contribution in [3.63, 3.8) is 0 Å². The van der Waals surface area contributed by atoms with E-state index in [0.717, 1.165) is 26.2 Å². The van der Waals surface area contributed by atoms with Gasteiger partial charge in [0, 0.05) is 17.5 Å². The van der Waals surface area contributed by atoms with Gasteiger partial charge in [0.1, 0.15) is 5.01 Å². The van der Waals surface area contributed by atoms with Crippen molar-refractivity contribution in [2.45, 2.75) is 0 Å². The van der Waals surface area contributed by atoms with Gasteiger partial charge in [0.15, 0.2) is 0 Å². The third kappa shape index (κ3) is 2.66. The molecule has 5 heteroatoms. The third-order valence-corrected chi connectivity index (χ3v) is 4.81. The Labute approximate surface area is 141 Å². The molecular formula is C19H12N2O2S. The van der Waals surface area contributed by atoms with Gasteiger partial charge in [-0.3, -0.25) is 10.1 Å². The van der Waals surface area contributed by atoms with E-state index in [4.69, 9.17) is 4.98 Å². The summed E-state index contributed by atoms with van der Waals surface area (Å²) in [6.45, 7) is 0. The maximum Gasteiger partial charge on any atom is 0.269 e. The predicted molar refractivity (Wildman–Crippen MR) is 99.2 cm³/mol. The second-order valence-corrected chi connectivity index (χ2v) is 6.43. The summed E-state index contributed by atoms with van der Waals surface area (Å²) in [5.74, 6) is 0. The van der Waals surface area contributed by atoms with Crippen LogP contribution in [0.25, 0.3) is 33.1 Å². The lowest BCUT2D eigenvalue weighted by atomic mass is 10.1. The molecule has 4 aromatic rings. The molecule has 0 atom stereocenters. The number of benzene rings is 3. The predicted octanol–water partition coefficient (Wildman–Crippen LogP) is 5.53. The second kappa shape index (κ2) is 5.86. The average Bonchev–Trinajstić information content (AvgIpc) is 3.04. The molecule has 0 fully saturated rings. The lowest BCUT2D eigenvalue weighted by Crippen LogP contribution is -1.86. The van der Waals surface area contributed by atoms with Crippen molar-refractivity contribution in [1.29, 1.82) is 0 Å². The number of hydrogen-bond acceptors (Lipinski definition) is 4. The third-order valence-electron chi connectivity index (χ3n) is 3.82. The first-order valence-corrected chi connectivity index (χ1v) is 8.23. The molecule has 4 nitrogen and oxygen atoms in total. The molecule has 1 aromatic heterocycles. The molecular weight excluding hydrogens is 320 g/mol. The Morgan fingerprint density at radius 3 is 2.54 bits per heavy atom. The van der Waals surface area contributed by atoms with Gasteiger partial charge in [0.25, 0.3) is 5.69 Å². The summed E-state index contributed by atoms with van der Waals surface area (Å²) < 4.78 is 1.15. The summed E-state index contributed by atoms with van der Waals surface area (Å²) in [4.78, 5) is 15.0. The van der Waals surface area contributed by atoms with Crippen molar-refractivity contribution in [2.75, 3.05) is 0 Å². The first-order valence-electron chi connectivity index (χ1n) is 7.41. The number of non-ortho nitro benzene ring substituents is 1. The van der Waals surface area contributed by atoms with Crippen molar-refractivity contribution in [3.8, 4) is 0 Å². The van der Waals surface area contributed by atoms with Gasteiger partial charge < -0.3 is 0 Å². The minimum atomic E-state index is -0.397. The van der Waals surface area contributed by atoms with E-state index < -0.39 is 4.92 Å². The van der Waals surface area contributed by atoms with E-state index in [0.29, 0.717) is 0 Å². The van der Waals surface area contributed by atoms with Crippen molar-refractivity contribution in [2.24, 2.45) is 0 Å². The number of thiazole rings is 1. The molecule has 116 valence electrons. The number of rotatable bonds is 3. The Kier molecular flexibility index (Phi) is 3.55. The molecule has 1 heterocycles. The van der Waals surface area contributed by atoms with Gasteiger partial charge in [-0.15, -0.1) is 11.3 Å². The highest BCUT2D eigenvalue weighted by Crippen LogP contribution is 2.30. The maximum atomic E-state index is 10.7. The van der Waals surface area contributed by atoms with E-state index in [1.165, 1.54) is 17.5 Å². The lowest BCUT2D eigenvalue weighted by molar-refractivity contribution is -0.384. The van der Waals surface area contributed by atoms with Gasteiger partial charge >= 0.3 is 0 Å². The molecule has 0 aliphatic heterocycles. The van der Waals surface area contributed by atoms with Crippen LogP contribution in [0.4, 0.5) is 5.69 Å². The monoisotopic (exact) mass is 332 g/mol. The van der Waals surface area contributed by atoms with E-state index in [-0.39, 0.29) is 5.69 Å². The molecule has 0 aliphatic carbocycles. The largest absolute Gasteiger partial charge is 0.269 e. The normalized spacial score (nSPS) is 11.5. The summed E-state index contributed by atoms with van der Waals surface area (Å²) in [6.07, 6.45) is 3.87. The fourth-order valence-electron chi connectivity index (χ4n) is 2.62. The Bertz CT molecular complexity index is 1080. The molecule has 0 radical (unpaired) electrons. The van der Waals surface area contributed by atoms with Crippen LogP contribution in [0.5, 0.6) is 0 Å². The van der Waals surface area contributed by atoms with Gasteiger partial charge in [0.05, 0.1) is 15.1 Å². The fourth-order valence-corrected chi connectivity index (χ4v) is 3.51. The standard InChI is InChI=1S/C19H12N2O2S/c22-21(23)15-9-5-13(6-10-15)7-12-18-20-19-16-4-2-1-3-14(16)8-11-17(19)24-18/h1-12H/b12-7+. The average molecular weight is 332 g/mol. The van der Waals surface area contributed by atoms with Crippen LogP contribution in [-0.2, 0) is 0 Å². The molecule has 0 amide bonds. The summed E-state index contributed by atoms with van der Waals surface area (Å²) in [5, 5.41) is 13.9. The van der Waals surface area contributed by atoms with Gasteiger partial charge in [0.2, 0.25) is 0 Å². The zero-order valence-corrected chi connectivity index (χ0v) is 13.4. The Hall–Kier alpha value is -3.05. The van der Waals surface area contributed by atoms with Crippen LogP contribution < -0.4 is 0 Å². The van der Waals surface area contributed by atoms with Crippen LogP contribution in [0, 0.1) is 10.1 Å². The van der Waals surface area contributed by atoms with Gasteiger partial charge in [-0.1, -0.05) is 36.4 Å². The number of nitro benzene ring substituents is 1. The second-order valence-electron chi connectivity index (χ2n) is 5.37. The Morgan fingerprint density at radius 1 is 0.958 bits per heavy atom. The van der Waals surface area contributed by atoms with Crippen LogP contribution in [-0.4, -0.2) is 9.91 Å². The number of fused-ring (bicyclic) bond motifs is 3. The zero-order valence-electron chi connectivity index (χ0n) is 12.5. The van der Waals surface area contributed by atoms with Crippen LogP contribution >= 0.6 is 11.3 Å². The van der Waals surface area contributed by atoms with E-state index in [9.17, 15) is 10.1 Å². The topological polar surface area (TPSA) is 56.0 Å². The molecule has 0 spiro atoms. The van der Waals surface area contributed by atoms with Gasteiger partial charge in [-0.25, -0.2) is 4.98 Å². The molecule has 0 unspecified atom stereocenters. The van der Waals surface area contributed by atoms with Crippen LogP contribution in [0.1, 0.15) is 10.6 Å². The van der Waals surface area contributed by atoms with Gasteiger partial charge in [-0.05, 0) is 35.2 Å². The van der Waals surface area contributed by atoms with E-state index in [1.54, 1.807) is 23.5 Å². The van der Waals surface area contributed by atoms with Gasteiger partial charge in [-0.2, -0.15) is 0 Å². The highest BCUT2D eigenvalue weighted by molar-refractivity contribution is 7.19. The smallest absolute Gasteiger partial charge is 0.258 e. The van der Waals surface area contributed by atoms with Crippen LogP contribution in [0.15, 0.2) is 60.7 Å². The molecule has 0 saturated heterocycles. The highest BCUT2D eigenvalue weighted by atomic mass is 32.1. The quantitative estimate of drug-likeness (QED) is 0.366. The Balaban J connectivity index is 1.69. The molecule has 24 heavy (non-hydrogen) atoms. The molecule has 0 N–H and O–H groups in total. The molecule has 0 bridgehead atoms. The molecule has 4 rings (SSSR count). The van der Waals surface area contributed by atoms with Crippen LogP contribution in [0.2, 0.25) is 0 Å². The maximum absolute atomic E-state index is 10.7. The number of hydrogen-bond donors (Lipinski definition) is 0. The molecule has 0 saturated carbocycles. The number of aromatic nitrogens is 1.